The Balaban J connectivity index is 1.95. The van der Waals surface area contributed by atoms with Crippen LogP contribution in [0.1, 0.15) is 25.5 Å². The third-order valence-corrected chi connectivity index (χ3v) is 3.51. The van der Waals surface area contributed by atoms with Crippen LogP contribution in [0.3, 0.4) is 0 Å². The number of thiocarbonyl (C=S) groups is 1. The lowest BCUT2D eigenvalue weighted by Crippen LogP contribution is -2.36. The second-order valence-electron chi connectivity index (χ2n) is 4.74. The Labute approximate surface area is 113 Å². The van der Waals surface area contributed by atoms with E-state index in [9.17, 15) is 0 Å². The molecule has 0 bridgehead atoms. The molecule has 3 N–H and O–H groups in total. The van der Waals surface area contributed by atoms with Crippen molar-refractivity contribution in [3.8, 4) is 0 Å². The van der Waals surface area contributed by atoms with Crippen LogP contribution in [0, 0.1) is 0 Å². The summed E-state index contributed by atoms with van der Waals surface area (Å²) in [5, 5.41) is 3.28. The van der Waals surface area contributed by atoms with E-state index >= 15 is 0 Å². The van der Waals surface area contributed by atoms with Crippen molar-refractivity contribution in [3.63, 3.8) is 0 Å². The monoisotopic (exact) mass is 265 g/mol. The molecule has 0 saturated heterocycles. The Morgan fingerprint density at radius 1 is 1.56 bits per heavy atom. The van der Waals surface area contributed by atoms with E-state index in [2.05, 4.69) is 34.2 Å². The average Bonchev–Trinajstić information content (AvgIpc) is 3.19. The standard InChI is InChI=1S/C12H19N5S/c1-8(17(2)9-3-4-9)7-16-12-10(11(13)18)14-5-6-15-12/h5-6,8-9H,3-4,7H2,1-2H3,(H2,13,18)(H,15,16). The summed E-state index contributed by atoms with van der Waals surface area (Å²) < 4.78 is 0. The van der Waals surface area contributed by atoms with Gasteiger partial charge >= 0.3 is 0 Å². The van der Waals surface area contributed by atoms with Crippen LogP contribution < -0.4 is 11.1 Å². The van der Waals surface area contributed by atoms with Gasteiger partial charge in [0.05, 0.1) is 0 Å². The molecule has 2 rings (SSSR count). The van der Waals surface area contributed by atoms with Crippen molar-refractivity contribution in [2.45, 2.75) is 31.8 Å². The topological polar surface area (TPSA) is 67.1 Å². The van der Waals surface area contributed by atoms with Crippen LogP contribution in [0.2, 0.25) is 0 Å². The fourth-order valence-electron chi connectivity index (χ4n) is 1.88. The van der Waals surface area contributed by atoms with E-state index in [4.69, 9.17) is 18.0 Å². The minimum Gasteiger partial charge on any atom is -0.388 e. The zero-order valence-electron chi connectivity index (χ0n) is 10.8. The second kappa shape index (κ2) is 5.58. The summed E-state index contributed by atoms with van der Waals surface area (Å²) in [6, 6.07) is 1.19. The first-order valence-electron chi connectivity index (χ1n) is 6.16. The Morgan fingerprint density at radius 2 is 2.22 bits per heavy atom. The molecule has 1 aromatic heterocycles. The fourth-order valence-corrected chi connectivity index (χ4v) is 2.03. The SMILES string of the molecule is CC(CNc1nccnc1C(N)=S)N(C)C1CC1. The van der Waals surface area contributed by atoms with E-state index in [1.54, 1.807) is 12.4 Å². The molecule has 0 aliphatic heterocycles. The van der Waals surface area contributed by atoms with Gasteiger partial charge in [-0.2, -0.15) is 0 Å². The molecular formula is C12H19N5S. The largest absolute Gasteiger partial charge is 0.388 e. The van der Waals surface area contributed by atoms with E-state index in [1.165, 1.54) is 12.8 Å². The van der Waals surface area contributed by atoms with Gasteiger partial charge in [0.25, 0.3) is 0 Å². The van der Waals surface area contributed by atoms with Gasteiger partial charge in [-0.1, -0.05) is 12.2 Å². The molecule has 98 valence electrons. The molecule has 5 nitrogen and oxygen atoms in total. The highest BCUT2D eigenvalue weighted by molar-refractivity contribution is 7.80. The van der Waals surface area contributed by atoms with E-state index in [-0.39, 0.29) is 4.99 Å². The molecule has 1 aromatic rings. The van der Waals surface area contributed by atoms with Crippen molar-refractivity contribution in [1.82, 2.24) is 14.9 Å². The van der Waals surface area contributed by atoms with Crippen molar-refractivity contribution < 1.29 is 0 Å². The summed E-state index contributed by atoms with van der Waals surface area (Å²) in [4.78, 5) is 11.0. The Kier molecular flexibility index (Phi) is 4.08. The molecule has 1 saturated carbocycles. The number of rotatable bonds is 6. The van der Waals surface area contributed by atoms with E-state index in [0.29, 0.717) is 17.6 Å². The Bertz CT molecular complexity index is 432. The molecule has 0 amide bonds. The third-order valence-electron chi connectivity index (χ3n) is 3.31. The van der Waals surface area contributed by atoms with Crippen LogP contribution in [0.5, 0.6) is 0 Å². The van der Waals surface area contributed by atoms with Crippen LogP contribution >= 0.6 is 12.2 Å². The lowest BCUT2D eigenvalue weighted by Gasteiger charge is -2.25. The lowest BCUT2D eigenvalue weighted by atomic mass is 10.3. The first kappa shape index (κ1) is 13.2. The highest BCUT2D eigenvalue weighted by Gasteiger charge is 2.29. The molecule has 1 aliphatic rings. The first-order valence-corrected chi connectivity index (χ1v) is 6.57. The molecule has 1 fully saturated rings. The maximum atomic E-state index is 5.62. The number of nitrogens with zero attached hydrogens (tertiary/aromatic N) is 3. The van der Waals surface area contributed by atoms with Crippen molar-refractivity contribution in [3.05, 3.63) is 18.1 Å². The van der Waals surface area contributed by atoms with Gasteiger partial charge in [0.2, 0.25) is 0 Å². The number of aromatic nitrogens is 2. The molecular weight excluding hydrogens is 246 g/mol. The van der Waals surface area contributed by atoms with Crippen LogP contribution in [-0.4, -0.2) is 45.5 Å². The molecule has 1 aliphatic carbocycles. The maximum absolute atomic E-state index is 5.62. The quantitative estimate of drug-likeness (QED) is 0.748. The van der Waals surface area contributed by atoms with Crippen molar-refractivity contribution in [1.29, 1.82) is 0 Å². The normalized spacial score (nSPS) is 16.6. The smallest absolute Gasteiger partial charge is 0.155 e. The molecule has 0 radical (unpaired) electrons. The minimum atomic E-state index is 0.272. The van der Waals surface area contributed by atoms with Crippen LogP contribution in [-0.2, 0) is 0 Å². The predicted molar refractivity (Wildman–Crippen MR) is 76.7 cm³/mol. The van der Waals surface area contributed by atoms with Gasteiger partial charge in [-0.05, 0) is 26.8 Å². The van der Waals surface area contributed by atoms with Crippen molar-refractivity contribution in [2.24, 2.45) is 5.73 Å². The zero-order valence-corrected chi connectivity index (χ0v) is 11.6. The molecule has 6 heteroatoms. The van der Waals surface area contributed by atoms with E-state index in [0.717, 1.165) is 12.6 Å². The third kappa shape index (κ3) is 3.14. The second-order valence-corrected chi connectivity index (χ2v) is 5.18. The van der Waals surface area contributed by atoms with Crippen LogP contribution in [0.15, 0.2) is 12.4 Å². The number of hydrogen-bond acceptors (Lipinski definition) is 5. The number of nitrogens with one attached hydrogen (secondary N) is 1. The van der Waals surface area contributed by atoms with Gasteiger partial charge < -0.3 is 11.1 Å². The summed E-state index contributed by atoms with van der Waals surface area (Å²) in [5.41, 5.74) is 6.18. The van der Waals surface area contributed by atoms with Gasteiger partial charge in [0.1, 0.15) is 10.7 Å². The lowest BCUT2D eigenvalue weighted by molar-refractivity contribution is 0.257. The average molecular weight is 265 g/mol. The van der Waals surface area contributed by atoms with E-state index < -0.39 is 0 Å². The van der Waals surface area contributed by atoms with Gasteiger partial charge in [0, 0.05) is 31.0 Å². The summed E-state index contributed by atoms with van der Waals surface area (Å²) in [7, 11) is 2.16. The maximum Gasteiger partial charge on any atom is 0.155 e. The number of likely N-dealkylation sites (N-methyl/N-ethyl adjacent to an activating group) is 1. The van der Waals surface area contributed by atoms with Crippen LogP contribution in [0.4, 0.5) is 5.82 Å². The predicted octanol–water partition coefficient (Wildman–Crippen LogP) is 1.01. The number of anilines is 1. The van der Waals surface area contributed by atoms with Gasteiger partial charge in [-0.15, -0.1) is 0 Å². The van der Waals surface area contributed by atoms with Gasteiger partial charge in [0.15, 0.2) is 5.82 Å². The summed E-state index contributed by atoms with van der Waals surface area (Å²) in [6.45, 7) is 3.00. The van der Waals surface area contributed by atoms with Crippen molar-refractivity contribution >= 4 is 23.0 Å². The molecule has 0 spiro atoms. The highest BCUT2D eigenvalue weighted by atomic mass is 32.1. The molecule has 1 heterocycles. The summed E-state index contributed by atoms with van der Waals surface area (Å²) in [6.07, 6.45) is 5.85. The summed E-state index contributed by atoms with van der Waals surface area (Å²) >= 11 is 4.96. The highest BCUT2D eigenvalue weighted by Crippen LogP contribution is 2.26. The number of hydrogen-bond donors (Lipinski definition) is 2. The van der Waals surface area contributed by atoms with Crippen molar-refractivity contribution in [2.75, 3.05) is 18.9 Å². The molecule has 18 heavy (non-hydrogen) atoms. The van der Waals surface area contributed by atoms with Gasteiger partial charge in [-0.3, -0.25) is 4.90 Å². The Hall–Kier alpha value is -1.27. The molecule has 0 aromatic carbocycles. The fraction of sp³-hybridized carbons (Fsp3) is 0.583. The first-order chi connectivity index (χ1) is 8.59. The van der Waals surface area contributed by atoms with Crippen LogP contribution in [0.25, 0.3) is 0 Å². The Morgan fingerprint density at radius 3 is 2.83 bits per heavy atom. The zero-order chi connectivity index (χ0) is 13.1. The minimum absolute atomic E-state index is 0.272. The molecule has 1 unspecified atom stereocenters. The molecule has 1 atom stereocenters. The number of nitrogens with two attached hydrogens (primary N) is 1. The van der Waals surface area contributed by atoms with E-state index in [1.807, 2.05) is 0 Å². The summed E-state index contributed by atoms with van der Waals surface area (Å²) in [5.74, 6) is 0.668. The van der Waals surface area contributed by atoms with Gasteiger partial charge in [-0.25, -0.2) is 9.97 Å².